The minimum atomic E-state index is -0.00131. The Balaban J connectivity index is 0.00000144. The maximum Gasteiger partial charge on any atom is 0.237 e. The molecular weight excluding hydrogens is 349 g/mol. The molecule has 2 N–H and O–H groups in total. The Labute approximate surface area is 156 Å². The standard InChI is InChI=1S/C16H27N5O.2ClH/c1-11(2)15-20-18-10-21(15)8-7-17-16(22)14-9-12-5-3-4-6-13(12)19-14;;/h10-14,19H,3-9H2,1-2H3,(H,17,22);2*1H. The lowest BCUT2D eigenvalue weighted by atomic mass is 9.85. The number of halogens is 2. The highest BCUT2D eigenvalue weighted by Gasteiger charge is 2.37. The maximum atomic E-state index is 12.3. The second-order valence-electron chi connectivity index (χ2n) is 6.93. The van der Waals surface area contributed by atoms with Crippen LogP contribution in [0.4, 0.5) is 0 Å². The van der Waals surface area contributed by atoms with E-state index in [1.54, 1.807) is 6.33 Å². The third kappa shape index (κ3) is 4.83. The van der Waals surface area contributed by atoms with E-state index in [-0.39, 0.29) is 36.8 Å². The van der Waals surface area contributed by atoms with E-state index in [0.29, 0.717) is 24.4 Å². The molecule has 1 saturated carbocycles. The molecule has 24 heavy (non-hydrogen) atoms. The van der Waals surface area contributed by atoms with E-state index in [1.165, 1.54) is 25.7 Å². The summed E-state index contributed by atoms with van der Waals surface area (Å²) in [6.45, 7) is 5.56. The zero-order valence-electron chi connectivity index (χ0n) is 14.4. The van der Waals surface area contributed by atoms with Crippen LogP contribution < -0.4 is 10.6 Å². The zero-order chi connectivity index (χ0) is 15.5. The van der Waals surface area contributed by atoms with Gasteiger partial charge in [0.15, 0.2) is 0 Å². The van der Waals surface area contributed by atoms with Crippen molar-refractivity contribution in [2.75, 3.05) is 6.54 Å². The summed E-state index contributed by atoms with van der Waals surface area (Å²) in [6, 6.07) is 0.563. The van der Waals surface area contributed by atoms with Crippen molar-refractivity contribution in [3.63, 3.8) is 0 Å². The molecule has 2 aliphatic rings. The summed E-state index contributed by atoms with van der Waals surface area (Å²) >= 11 is 0. The molecular formula is C16H29Cl2N5O. The first-order chi connectivity index (χ1) is 10.6. The molecule has 1 aliphatic heterocycles. The van der Waals surface area contributed by atoms with Crippen LogP contribution in [0.1, 0.15) is 57.7 Å². The van der Waals surface area contributed by atoms with Crippen LogP contribution in [0.2, 0.25) is 0 Å². The van der Waals surface area contributed by atoms with E-state index in [2.05, 4.69) is 34.7 Å². The molecule has 8 heteroatoms. The zero-order valence-corrected chi connectivity index (χ0v) is 16.0. The van der Waals surface area contributed by atoms with Crippen LogP contribution in [-0.2, 0) is 11.3 Å². The van der Waals surface area contributed by atoms with Gasteiger partial charge in [0.25, 0.3) is 0 Å². The van der Waals surface area contributed by atoms with Crippen LogP contribution in [-0.4, -0.2) is 39.3 Å². The van der Waals surface area contributed by atoms with E-state index < -0.39 is 0 Å². The molecule has 3 atom stereocenters. The smallest absolute Gasteiger partial charge is 0.237 e. The van der Waals surface area contributed by atoms with Gasteiger partial charge in [0.1, 0.15) is 12.2 Å². The van der Waals surface area contributed by atoms with E-state index in [0.717, 1.165) is 18.8 Å². The average Bonchev–Trinajstić information content (AvgIpc) is 3.13. The number of nitrogens with zero attached hydrogens (tertiary/aromatic N) is 3. The minimum Gasteiger partial charge on any atom is -0.353 e. The van der Waals surface area contributed by atoms with E-state index in [1.807, 2.05) is 4.57 Å². The molecule has 1 aromatic heterocycles. The monoisotopic (exact) mass is 377 g/mol. The average molecular weight is 378 g/mol. The van der Waals surface area contributed by atoms with Crippen molar-refractivity contribution in [1.29, 1.82) is 0 Å². The molecule has 0 spiro atoms. The number of amides is 1. The Bertz CT molecular complexity index is 508. The van der Waals surface area contributed by atoms with Crippen molar-refractivity contribution < 1.29 is 4.79 Å². The summed E-state index contributed by atoms with van der Waals surface area (Å²) in [5.74, 6) is 2.17. The van der Waals surface area contributed by atoms with Gasteiger partial charge in [-0.25, -0.2) is 0 Å². The Hall–Kier alpha value is -0.850. The minimum absolute atomic E-state index is 0. The van der Waals surface area contributed by atoms with Crippen LogP contribution in [0.25, 0.3) is 0 Å². The van der Waals surface area contributed by atoms with Crippen molar-refractivity contribution in [3.05, 3.63) is 12.2 Å². The largest absolute Gasteiger partial charge is 0.353 e. The topological polar surface area (TPSA) is 71.8 Å². The van der Waals surface area contributed by atoms with Crippen molar-refractivity contribution in [2.24, 2.45) is 5.92 Å². The molecule has 3 unspecified atom stereocenters. The van der Waals surface area contributed by atoms with Crippen LogP contribution in [0.3, 0.4) is 0 Å². The predicted molar refractivity (Wildman–Crippen MR) is 98.9 cm³/mol. The number of carbonyl (C=O) groups is 1. The van der Waals surface area contributed by atoms with E-state index in [9.17, 15) is 4.79 Å². The summed E-state index contributed by atoms with van der Waals surface area (Å²) in [5.41, 5.74) is 0. The third-order valence-corrected chi connectivity index (χ3v) is 4.99. The SMILES string of the molecule is CC(C)c1nncn1CCNC(=O)C1CC2CCCCC2N1.Cl.Cl. The number of hydrogen-bond acceptors (Lipinski definition) is 4. The fourth-order valence-corrected chi connectivity index (χ4v) is 3.83. The van der Waals surface area contributed by atoms with Gasteiger partial charge in [0.05, 0.1) is 6.04 Å². The van der Waals surface area contributed by atoms with Crippen LogP contribution in [0, 0.1) is 5.92 Å². The van der Waals surface area contributed by atoms with Gasteiger partial charge >= 0.3 is 0 Å². The quantitative estimate of drug-likeness (QED) is 0.825. The number of carbonyl (C=O) groups excluding carboxylic acids is 1. The number of aromatic nitrogens is 3. The molecule has 0 aromatic carbocycles. The van der Waals surface area contributed by atoms with Gasteiger partial charge in [-0.2, -0.15) is 0 Å². The number of hydrogen-bond donors (Lipinski definition) is 2. The second kappa shape index (κ2) is 9.59. The first-order valence-corrected chi connectivity index (χ1v) is 8.56. The van der Waals surface area contributed by atoms with E-state index in [4.69, 9.17) is 0 Å². The number of nitrogens with one attached hydrogen (secondary N) is 2. The lowest BCUT2D eigenvalue weighted by molar-refractivity contribution is -0.122. The van der Waals surface area contributed by atoms with Crippen molar-refractivity contribution in [2.45, 2.75) is 70.5 Å². The van der Waals surface area contributed by atoms with Crippen molar-refractivity contribution in [3.8, 4) is 0 Å². The molecule has 1 amide bonds. The fraction of sp³-hybridized carbons (Fsp3) is 0.812. The highest BCUT2D eigenvalue weighted by molar-refractivity contribution is 5.85. The molecule has 2 heterocycles. The van der Waals surface area contributed by atoms with Gasteiger partial charge < -0.3 is 15.2 Å². The summed E-state index contributed by atoms with van der Waals surface area (Å²) in [5, 5.41) is 14.7. The summed E-state index contributed by atoms with van der Waals surface area (Å²) in [4.78, 5) is 12.3. The summed E-state index contributed by atoms with van der Waals surface area (Å²) < 4.78 is 2.02. The third-order valence-electron chi connectivity index (χ3n) is 4.99. The molecule has 3 rings (SSSR count). The highest BCUT2D eigenvalue weighted by Crippen LogP contribution is 2.33. The van der Waals surface area contributed by atoms with Gasteiger partial charge in [-0.1, -0.05) is 26.7 Å². The molecule has 6 nitrogen and oxygen atoms in total. The Morgan fingerprint density at radius 1 is 1.38 bits per heavy atom. The van der Waals surface area contributed by atoms with Gasteiger partial charge in [-0.05, 0) is 25.2 Å². The highest BCUT2D eigenvalue weighted by atomic mass is 35.5. The molecule has 1 saturated heterocycles. The van der Waals surface area contributed by atoms with Crippen LogP contribution >= 0.6 is 24.8 Å². The normalized spacial score (nSPS) is 25.5. The van der Waals surface area contributed by atoms with Crippen molar-refractivity contribution >= 4 is 30.7 Å². The predicted octanol–water partition coefficient (Wildman–Crippen LogP) is 2.28. The van der Waals surface area contributed by atoms with Gasteiger partial charge in [-0.15, -0.1) is 35.0 Å². The Morgan fingerprint density at radius 2 is 2.12 bits per heavy atom. The Kier molecular flexibility index (Phi) is 8.46. The van der Waals surface area contributed by atoms with Gasteiger partial charge in [0.2, 0.25) is 5.91 Å². The van der Waals surface area contributed by atoms with Crippen molar-refractivity contribution in [1.82, 2.24) is 25.4 Å². The molecule has 0 bridgehead atoms. The number of fused-ring (bicyclic) bond motifs is 1. The molecule has 138 valence electrons. The molecule has 1 aromatic rings. The lowest BCUT2D eigenvalue weighted by Crippen LogP contribution is -2.44. The fourth-order valence-electron chi connectivity index (χ4n) is 3.83. The maximum absolute atomic E-state index is 12.3. The lowest BCUT2D eigenvalue weighted by Gasteiger charge is -2.24. The van der Waals surface area contributed by atoms with E-state index >= 15 is 0 Å². The first-order valence-electron chi connectivity index (χ1n) is 8.56. The first kappa shape index (κ1) is 21.2. The molecule has 0 radical (unpaired) electrons. The summed E-state index contributed by atoms with van der Waals surface area (Å²) in [6.07, 6.45) is 7.87. The van der Waals surface area contributed by atoms with Gasteiger partial charge in [-0.3, -0.25) is 4.79 Å². The summed E-state index contributed by atoms with van der Waals surface area (Å²) in [7, 11) is 0. The second-order valence-corrected chi connectivity index (χ2v) is 6.93. The van der Waals surface area contributed by atoms with Crippen LogP contribution in [0.5, 0.6) is 0 Å². The van der Waals surface area contributed by atoms with Gasteiger partial charge in [0, 0.05) is 25.0 Å². The van der Waals surface area contributed by atoms with Crippen LogP contribution in [0.15, 0.2) is 6.33 Å². The molecule has 2 fully saturated rings. The number of rotatable bonds is 5. The Morgan fingerprint density at radius 3 is 2.83 bits per heavy atom. The molecule has 1 aliphatic carbocycles.